The molecule has 132 valence electrons. The molecular formula is C19H25N5O. The van der Waals surface area contributed by atoms with Crippen LogP contribution in [0.1, 0.15) is 29.8 Å². The molecule has 2 heterocycles. The van der Waals surface area contributed by atoms with Crippen LogP contribution in [0.2, 0.25) is 0 Å². The van der Waals surface area contributed by atoms with E-state index in [1.165, 1.54) is 0 Å². The number of benzene rings is 1. The molecule has 6 nitrogen and oxygen atoms in total. The van der Waals surface area contributed by atoms with Gasteiger partial charge in [-0.2, -0.15) is 0 Å². The van der Waals surface area contributed by atoms with Gasteiger partial charge in [0.2, 0.25) is 5.95 Å². The lowest BCUT2D eigenvalue weighted by Crippen LogP contribution is -2.46. The molecule has 2 aromatic rings. The van der Waals surface area contributed by atoms with Gasteiger partial charge in [-0.3, -0.25) is 0 Å². The number of hydrogen-bond donors (Lipinski definition) is 2. The quantitative estimate of drug-likeness (QED) is 0.901. The number of piperidine rings is 1. The van der Waals surface area contributed by atoms with Crippen LogP contribution in [0.5, 0.6) is 0 Å². The molecule has 0 saturated carbocycles. The largest absolute Gasteiger partial charge is 0.341 e. The van der Waals surface area contributed by atoms with Crippen LogP contribution in [0.3, 0.4) is 0 Å². The minimum Gasteiger partial charge on any atom is -0.341 e. The molecule has 2 N–H and O–H groups in total. The smallest absolute Gasteiger partial charge is 0.319 e. The van der Waals surface area contributed by atoms with Gasteiger partial charge in [0.1, 0.15) is 0 Å². The molecule has 1 aliphatic rings. The highest BCUT2D eigenvalue weighted by Crippen LogP contribution is 2.18. The summed E-state index contributed by atoms with van der Waals surface area (Å²) in [5, 5.41) is 6.00. The Morgan fingerprint density at radius 3 is 2.36 bits per heavy atom. The summed E-state index contributed by atoms with van der Waals surface area (Å²) in [5.74, 6) is 0.792. The molecule has 2 amide bonds. The van der Waals surface area contributed by atoms with Crippen molar-refractivity contribution in [3.05, 3.63) is 47.3 Å². The van der Waals surface area contributed by atoms with Crippen LogP contribution in [0, 0.1) is 20.8 Å². The SMILES string of the molecule is Cc1cc(C)nc(N2CCC(NC(=O)Nc3ccccc3C)CC2)n1. The molecule has 3 rings (SSSR count). The van der Waals surface area contributed by atoms with Crippen LogP contribution in [0.15, 0.2) is 30.3 Å². The summed E-state index contributed by atoms with van der Waals surface area (Å²) in [7, 11) is 0. The van der Waals surface area contributed by atoms with Crippen molar-refractivity contribution in [3.63, 3.8) is 0 Å². The van der Waals surface area contributed by atoms with E-state index >= 15 is 0 Å². The molecular weight excluding hydrogens is 314 g/mol. The summed E-state index contributed by atoms with van der Waals surface area (Å²) in [6.07, 6.45) is 1.77. The number of carbonyl (C=O) groups excluding carboxylic acids is 1. The van der Waals surface area contributed by atoms with Gasteiger partial charge in [0.05, 0.1) is 0 Å². The number of anilines is 2. The molecule has 0 bridgehead atoms. The highest BCUT2D eigenvalue weighted by molar-refractivity contribution is 5.90. The van der Waals surface area contributed by atoms with Crippen molar-refractivity contribution in [1.82, 2.24) is 15.3 Å². The van der Waals surface area contributed by atoms with E-state index in [4.69, 9.17) is 0 Å². The maximum atomic E-state index is 12.2. The summed E-state index contributed by atoms with van der Waals surface area (Å²) in [6.45, 7) is 7.65. The van der Waals surface area contributed by atoms with Crippen LogP contribution >= 0.6 is 0 Å². The van der Waals surface area contributed by atoms with Crippen LogP contribution < -0.4 is 15.5 Å². The summed E-state index contributed by atoms with van der Waals surface area (Å²) in [6, 6.07) is 9.79. The van der Waals surface area contributed by atoms with Gasteiger partial charge < -0.3 is 15.5 Å². The predicted octanol–water partition coefficient (Wildman–Crippen LogP) is 3.19. The Bertz CT molecular complexity index is 733. The van der Waals surface area contributed by atoms with Gasteiger partial charge in [0, 0.05) is 36.2 Å². The summed E-state index contributed by atoms with van der Waals surface area (Å²) < 4.78 is 0. The lowest BCUT2D eigenvalue weighted by Gasteiger charge is -2.32. The molecule has 1 fully saturated rings. The first-order chi connectivity index (χ1) is 12.0. The number of hydrogen-bond acceptors (Lipinski definition) is 4. The number of rotatable bonds is 3. The summed E-state index contributed by atoms with van der Waals surface area (Å²) in [5.41, 5.74) is 3.88. The number of urea groups is 1. The van der Waals surface area contributed by atoms with Crippen molar-refractivity contribution in [3.8, 4) is 0 Å². The van der Waals surface area contributed by atoms with Gasteiger partial charge >= 0.3 is 6.03 Å². The standard InChI is InChI=1S/C19H25N5O/c1-13-6-4-5-7-17(13)23-19(25)22-16-8-10-24(11-9-16)18-20-14(2)12-15(3)21-18/h4-7,12,16H,8-11H2,1-3H3,(H2,22,23,25). The number of aryl methyl sites for hydroxylation is 3. The third kappa shape index (κ3) is 4.47. The summed E-state index contributed by atoms with van der Waals surface area (Å²) >= 11 is 0. The zero-order valence-electron chi connectivity index (χ0n) is 15.0. The predicted molar refractivity (Wildman–Crippen MR) is 100 cm³/mol. The molecule has 1 aromatic heterocycles. The Morgan fingerprint density at radius 2 is 1.72 bits per heavy atom. The van der Waals surface area contributed by atoms with Gasteiger partial charge in [-0.1, -0.05) is 18.2 Å². The van der Waals surface area contributed by atoms with Gasteiger partial charge in [-0.15, -0.1) is 0 Å². The number of para-hydroxylation sites is 1. The Balaban J connectivity index is 1.52. The minimum atomic E-state index is -0.143. The van der Waals surface area contributed by atoms with Crippen molar-refractivity contribution in [2.75, 3.05) is 23.3 Å². The first-order valence-corrected chi connectivity index (χ1v) is 8.71. The Hall–Kier alpha value is -2.63. The van der Waals surface area contributed by atoms with Crippen molar-refractivity contribution in [2.24, 2.45) is 0 Å². The van der Waals surface area contributed by atoms with Crippen molar-refractivity contribution < 1.29 is 4.79 Å². The molecule has 1 saturated heterocycles. The maximum absolute atomic E-state index is 12.2. The van der Waals surface area contributed by atoms with Crippen molar-refractivity contribution in [1.29, 1.82) is 0 Å². The fraction of sp³-hybridized carbons (Fsp3) is 0.421. The Labute approximate surface area is 148 Å². The van der Waals surface area contributed by atoms with Crippen molar-refractivity contribution in [2.45, 2.75) is 39.7 Å². The van der Waals surface area contributed by atoms with Crippen LogP contribution in [-0.2, 0) is 0 Å². The second-order valence-corrected chi connectivity index (χ2v) is 6.63. The zero-order valence-corrected chi connectivity index (χ0v) is 15.0. The third-order valence-corrected chi connectivity index (χ3v) is 4.48. The average molecular weight is 339 g/mol. The first kappa shape index (κ1) is 17.2. The van der Waals surface area contributed by atoms with Gasteiger partial charge in [-0.25, -0.2) is 14.8 Å². The molecule has 0 spiro atoms. The fourth-order valence-corrected chi connectivity index (χ4v) is 3.13. The number of carbonyl (C=O) groups is 1. The first-order valence-electron chi connectivity index (χ1n) is 8.71. The highest BCUT2D eigenvalue weighted by Gasteiger charge is 2.22. The second kappa shape index (κ2) is 7.51. The molecule has 25 heavy (non-hydrogen) atoms. The van der Waals surface area contributed by atoms with E-state index in [1.807, 2.05) is 51.1 Å². The lowest BCUT2D eigenvalue weighted by molar-refractivity contribution is 0.246. The van der Waals surface area contributed by atoms with E-state index in [9.17, 15) is 4.79 Å². The Morgan fingerprint density at radius 1 is 1.08 bits per heavy atom. The fourth-order valence-electron chi connectivity index (χ4n) is 3.13. The van der Waals surface area contributed by atoms with E-state index in [2.05, 4.69) is 25.5 Å². The van der Waals surface area contributed by atoms with Gasteiger partial charge in [0.25, 0.3) is 0 Å². The van der Waals surface area contributed by atoms with Gasteiger partial charge in [0.15, 0.2) is 0 Å². The van der Waals surface area contributed by atoms with Crippen molar-refractivity contribution >= 4 is 17.7 Å². The summed E-state index contributed by atoms with van der Waals surface area (Å²) in [4.78, 5) is 23.5. The number of aromatic nitrogens is 2. The molecule has 0 atom stereocenters. The Kier molecular flexibility index (Phi) is 5.16. The average Bonchev–Trinajstić information content (AvgIpc) is 2.57. The number of nitrogens with one attached hydrogen (secondary N) is 2. The molecule has 1 aliphatic heterocycles. The highest BCUT2D eigenvalue weighted by atomic mass is 16.2. The van der Waals surface area contributed by atoms with Crippen LogP contribution in [-0.4, -0.2) is 35.1 Å². The number of nitrogens with zero attached hydrogens (tertiary/aromatic N) is 3. The lowest BCUT2D eigenvalue weighted by atomic mass is 10.1. The molecule has 0 unspecified atom stereocenters. The maximum Gasteiger partial charge on any atom is 0.319 e. The monoisotopic (exact) mass is 339 g/mol. The molecule has 1 aromatic carbocycles. The topological polar surface area (TPSA) is 70.2 Å². The third-order valence-electron chi connectivity index (χ3n) is 4.48. The van der Waals surface area contributed by atoms with E-state index in [0.29, 0.717) is 0 Å². The van der Waals surface area contributed by atoms with Crippen LogP contribution in [0.25, 0.3) is 0 Å². The normalized spacial score (nSPS) is 15.1. The van der Waals surface area contributed by atoms with E-state index in [-0.39, 0.29) is 12.1 Å². The van der Waals surface area contributed by atoms with Gasteiger partial charge in [-0.05, 0) is 51.3 Å². The minimum absolute atomic E-state index is 0.143. The molecule has 6 heteroatoms. The molecule has 0 radical (unpaired) electrons. The zero-order chi connectivity index (χ0) is 17.8. The van der Waals surface area contributed by atoms with Crippen LogP contribution in [0.4, 0.5) is 16.4 Å². The van der Waals surface area contributed by atoms with E-state index in [1.54, 1.807) is 0 Å². The molecule has 0 aliphatic carbocycles. The van der Waals surface area contributed by atoms with E-state index in [0.717, 1.165) is 54.5 Å². The second-order valence-electron chi connectivity index (χ2n) is 6.63. The number of amides is 2. The van der Waals surface area contributed by atoms with E-state index < -0.39 is 0 Å².